The molecule has 28 heavy (non-hydrogen) atoms. The SMILES string of the molecule is CCOc1ccc(OCC(=O)N2CCN(c3cc4c(nn3)CCC4)CC2)cc1. The van der Waals surface area contributed by atoms with E-state index < -0.39 is 0 Å². The fraction of sp³-hybridized carbons (Fsp3) is 0.476. The van der Waals surface area contributed by atoms with E-state index in [1.807, 2.05) is 36.1 Å². The van der Waals surface area contributed by atoms with Crippen LogP contribution in [0.25, 0.3) is 0 Å². The minimum absolute atomic E-state index is 0.00794. The first-order chi connectivity index (χ1) is 13.7. The highest BCUT2D eigenvalue weighted by molar-refractivity contribution is 5.78. The molecule has 4 rings (SSSR count). The maximum atomic E-state index is 12.5. The number of nitrogens with zero attached hydrogens (tertiary/aromatic N) is 4. The van der Waals surface area contributed by atoms with Crippen molar-refractivity contribution in [2.45, 2.75) is 26.2 Å². The maximum absolute atomic E-state index is 12.5. The highest BCUT2D eigenvalue weighted by Crippen LogP contribution is 2.23. The number of anilines is 1. The first-order valence-corrected chi connectivity index (χ1v) is 9.97. The van der Waals surface area contributed by atoms with Gasteiger partial charge in [-0.25, -0.2) is 0 Å². The van der Waals surface area contributed by atoms with Crippen LogP contribution in [0.4, 0.5) is 5.82 Å². The van der Waals surface area contributed by atoms with Crippen LogP contribution in [0.1, 0.15) is 24.6 Å². The molecule has 148 valence electrons. The van der Waals surface area contributed by atoms with Gasteiger partial charge in [-0.2, -0.15) is 5.10 Å². The second-order valence-electron chi connectivity index (χ2n) is 7.09. The third kappa shape index (κ3) is 4.18. The van der Waals surface area contributed by atoms with Gasteiger partial charge in [-0.15, -0.1) is 5.10 Å². The molecular formula is C21H26N4O3. The second kappa shape index (κ2) is 8.46. The standard InChI is InChI=1S/C21H26N4O3/c1-2-27-17-6-8-18(9-7-17)28-15-21(26)25-12-10-24(11-13-25)20-14-16-4-3-5-19(16)22-23-20/h6-9,14H,2-5,10-13,15H2,1H3. The van der Waals surface area contributed by atoms with Crippen molar-refractivity contribution in [3.8, 4) is 11.5 Å². The number of carbonyl (C=O) groups is 1. The maximum Gasteiger partial charge on any atom is 0.260 e. The Labute approximate surface area is 165 Å². The number of fused-ring (bicyclic) bond motifs is 1. The zero-order chi connectivity index (χ0) is 19.3. The summed E-state index contributed by atoms with van der Waals surface area (Å²) >= 11 is 0. The van der Waals surface area contributed by atoms with Crippen LogP contribution in [-0.4, -0.2) is 60.4 Å². The molecule has 2 aliphatic rings. The summed E-state index contributed by atoms with van der Waals surface area (Å²) in [4.78, 5) is 16.5. The number of amides is 1. The van der Waals surface area contributed by atoms with Crippen molar-refractivity contribution in [2.75, 3.05) is 44.3 Å². The summed E-state index contributed by atoms with van der Waals surface area (Å²) in [5.74, 6) is 2.41. The molecule has 0 bridgehead atoms. The number of ether oxygens (including phenoxy) is 2. The zero-order valence-corrected chi connectivity index (χ0v) is 16.3. The Hall–Kier alpha value is -2.83. The molecule has 0 radical (unpaired) electrons. The van der Waals surface area contributed by atoms with Crippen molar-refractivity contribution in [1.29, 1.82) is 0 Å². The summed E-state index contributed by atoms with van der Waals surface area (Å²) in [6, 6.07) is 9.51. The molecule has 2 heterocycles. The van der Waals surface area contributed by atoms with Gasteiger partial charge in [-0.05, 0) is 62.1 Å². The molecule has 0 spiro atoms. The lowest BCUT2D eigenvalue weighted by atomic mass is 10.2. The Morgan fingerprint density at radius 1 is 1.00 bits per heavy atom. The lowest BCUT2D eigenvalue weighted by Crippen LogP contribution is -2.50. The molecule has 0 N–H and O–H groups in total. The zero-order valence-electron chi connectivity index (χ0n) is 16.3. The fourth-order valence-electron chi connectivity index (χ4n) is 3.69. The van der Waals surface area contributed by atoms with Crippen molar-refractivity contribution >= 4 is 11.7 Å². The van der Waals surface area contributed by atoms with Gasteiger partial charge < -0.3 is 19.3 Å². The lowest BCUT2D eigenvalue weighted by Gasteiger charge is -2.35. The first-order valence-electron chi connectivity index (χ1n) is 9.97. The Morgan fingerprint density at radius 3 is 2.43 bits per heavy atom. The molecule has 7 heteroatoms. The third-order valence-corrected chi connectivity index (χ3v) is 5.26. The molecular weight excluding hydrogens is 356 g/mol. The summed E-state index contributed by atoms with van der Waals surface area (Å²) in [6.07, 6.45) is 3.31. The highest BCUT2D eigenvalue weighted by atomic mass is 16.5. The van der Waals surface area contributed by atoms with Gasteiger partial charge in [0.2, 0.25) is 0 Å². The van der Waals surface area contributed by atoms with Gasteiger partial charge in [0.25, 0.3) is 5.91 Å². The summed E-state index contributed by atoms with van der Waals surface area (Å²) in [5.41, 5.74) is 2.47. The van der Waals surface area contributed by atoms with E-state index in [1.165, 1.54) is 12.0 Å². The lowest BCUT2D eigenvalue weighted by molar-refractivity contribution is -0.133. The van der Waals surface area contributed by atoms with Crippen molar-refractivity contribution in [1.82, 2.24) is 15.1 Å². The Morgan fingerprint density at radius 2 is 1.71 bits per heavy atom. The number of carbonyl (C=O) groups excluding carboxylic acids is 1. The monoisotopic (exact) mass is 382 g/mol. The van der Waals surface area contributed by atoms with E-state index in [9.17, 15) is 4.79 Å². The van der Waals surface area contributed by atoms with Crippen LogP contribution in [0, 0.1) is 0 Å². The van der Waals surface area contributed by atoms with Gasteiger partial charge in [-0.3, -0.25) is 4.79 Å². The second-order valence-corrected chi connectivity index (χ2v) is 7.09. The number of benzene rings is 1. The van der Waals surface area contributed by atoms with Crippen LogP contribution >= 0.6 is 0 Å². The van der Waals surface area contributed by atoms with Crippen LogP contribution in [0.3, 0.4) is 0 Å². The van der Waals surface area contributed by atoms with Crippen molar-refractivity contribution in [3.63, 3.8) is 0 Å². The first kappa shape index (κ1) is 18.5. The van der Waals surface area contributed by atoms with E-state index in [0.717, 1.165) is 43.2 Å². The topological polar surface area (TPSA) is 67.8 Å². The molecule has 0 atom stereocenters. The van der Waals surface area contributed by atoms with E-state index in [4.69, 9.17) is 9.47 Å². The summed E-state index contributed by atoms with van der Waals surface area (Å²) < 4.78 is 11.0. The summed E-state index contributed by atoms with van der Waals surface area (Å²) in [7, 11) is 0. The van der Waals surface area contributed by atoms with Crippen LogP contribution < -0.4 is 14.4 Å². The van der Waals surface area contributed by atoms with E-state index in [1.54, 1.807) is 0 Å². The number of hydrogen-bond donors (Lipinski definition) is 0. The van der Waals surface area contributed by atoms with E-state index in [0.29, 0.717) is 25.4 Å². The van der Waals surface area contributed by atoms with Gasteiger partial charge in [0, 0.05) is 26.2 Å². The number of aromatic nitrogens is 2. The van der Waals surface area contributed by atoms with Crippen LogP contribution in [-0.2, 0) is 17.6 Å². The van der Waals surface area contributed by atoms with Crippen molar-refractivity contribution in [3.05, 3.63) is 41.6 Å². The molecule has 0 saturated carbocycles. The Kier molecular flexibility index (Phi) is 5.60. The Balaban J connectivity index is 1.26. The normalized spacial score (nSPS) is 16.0. The quantitative estimate of drug-likeness (QED) is 0.762. The average molecular weight is 382 g/mol. The number of piperazine rings is 1. The van der Waals surface area contributed by atoms with E-state index >= 15 is 0 Å². The van der Waals surface area contributed by atoms with E-state index in [-0.39, 0.29) is 12.5 Å². The van der Waals surface area contributed by atoms with Crippen LogP contribution in [0.2, 0.25) is 0 Å². The number of hydrogen-bond acceptors (Lipinski definition) is 6. The highest BCUT2D eigenvalue weighted by Gasteiger charge is 2.23. The number of rotatable bonds is 6. The molecule has 1 aromatic carbocycles. The minimum Gasteiger partial charge on any atom is -0.494 e. The molecule has 1 aromatic heterocycles. The molecule has 1 aliphatic carbocycles. The number of aryl methyl sites for hydroxylation is 2. The van der Waals surface area contributed by atoms with Crippen molar-refractivity contribution in [2.24, 2.45) is 0 Å². The largest absolute Gasteiger partial charge is 0.494 e. The molecule has 7 nitrogen and oxygen atoms in total. The molecule has 0 unspecified atom stereocenters. The van der Waals surface area contributed by atoms with Crippen LogP contribution in [0.15, 0.2) is 30.3 Å². The molecule has 1 fully saturated rings. The fourth-order valence-corrected chi connectivity index (χ4v) is 3.69. The van der Waals surface area contributed by atoms with Crippen LogP contribution in [0.5, 0.6) is 11.5 Å². The molecule has 2 aromatic rings. The smallest absolute Gasteiger partial charge is 0.260 e. The molecule has 1 saturated heterocycles. The predicted molar refractivity (Wildman–Crippen MR) is 106 cm³/mol. The predicted octanol–water partition coefficient (Wildman–Crippen LogP) is 2.09. The average Bonchev–Trinajstić information content (AvgIpc) is 3.21. The van der Waals surface area contributed by atoms with Gasteiger partial charge in [0.15, 0.2) is 12.4 Å². The molecule has 1 amide bonds. The van der Waals surface area contributed by atoms with Gasteiger partial charge in [0.05, 0.1) is 12.3 Å². The third-order valence-electron chi connectivity index (χ3n) is 5.26. The minimum atomic E-state index is 0.00794. The van der Waals surface area contributed by atoms with E-state index in [2.05, 4.69) is 21.2 Å². The molecule has 1 aliphatic heterocycles. The van der Waals surface area contributed by atoms with Gasteiger partial charge >= 0.3 is 0 Å². The van der Waals surface area contributed by atoms with Gasteiger partial charge in [0.1, 0.15) is 11.5 Å². The summed E-state index contributed by atoms with van der Waals surface area (Å²) in [5, 5.41) is 8.75. The Bertz CT molecular complexity index is 817. The summed E-state index contributed by atoms with van der Waals surface area (Å²) in [6.45, 7) is 5.49. The van der Waals surface area contributed by atoms with Gasteiger partial charge in [-0.1, -0.05) is 0 Å². The van der Waals surface area contributed by atoms with Crippen molar-refractivity contribution < 1.29 is 14.3 Å².